The number of rotatable bonds is 3. The highest BCUT2D eigenvalue weighted by molar-refractivity contribution is 6.00. The average molecular weight is 243 g/mol. The number of pyridine rings is 1. The van der Waals surface area contributed by atoms with Crippen LogP contribution in [-0.4, -0.2) is 23.4 Å². The lowest BCUT2D eigenvalue weighted by Crippen LogP contribution is -1.95. The Morgan fingerprint density at radius 2 is 2.28 bits per heavy atom. The molecule has 0 bridgehead atoms. The van der Waals surface area contributed by atoms with Gasteiger partial charge in [0.1, 0.15) is 11.6 Å². The summed E-state index contributed by atoms with van der Waals surface area (Å²) >= 11 is 0. The van der Waals surface area contributed by atoms with Gasteiger partial charge in [-0.15, -0.1) is 0 Å². The van der Waals surface area contributed by atoms with Crippen molar-refractivity contribution in [2.45, 2.75) is 19.8 Å². The van der Waals surface area contributed by atoms with Crippen LogP contribution >= 0.6 is 0 Å². The van der Waals surface area contributed by atoms with E-state index in [1.807, 2.05) is 13.8 Å². The molecule has 92 valence electrons. The molecule has 2 rings (SSSR count). The first kappa shape index (κ1) is 12.1. The highest BCUT2D eigenvalue weighted by Crippen LogP contribution is 2.30. The number of methoxy groups -OCH3 is 1. The van der Waals surface area contributed by atoms with Crippen molar-refractivity contribution in [3.05, 3.63) is 23.0 Å². The minimum absolute atomic E-state index is 0.164. The number of aromatic nitrogens is 2. The standard InChI is InChI=1S/C13H13N3O2/c1-7(2)11-8(4-14)9-5-15-13(18-3)10(6-17)12(9)16-11/h5-7,16H,1-3H3. The molecule has 0 spiro atoms. The normalized spacial score (nSPS) is 10.6. The topological polar surface area (TPSA) is 78.8 Å². The van der Waals surface area contributed by atoms with Crippen LogP contribution in [0.15, 0.2) is 6.20 Å². The van der Waals surface area contributed by atoms with Gasteiger partial charge in [-0.25, -0.2) is 4.98 Å². The van der Waals surface area contributed by atoms with Crippen molar-refractivity contribution in [2.75, 3.05) is 7.11 Å². The van der Waals surface area contributed by atoms with Gasteiger partial charge in [-0.2, -0.15) is 5.26 Å². The second-order valence-corrected chi connectivity index (χ2v) is 4.27. The SMILES string of the molecule is COc1ncc2c(C#N)c(C(C)C)[nH]c2c1C=O. The number of fused-ring (bicyclic) bond motifs is 1. The number of nitriles is 1. The molecule has 0 saturated carbocycles. The monoisotopic (exact) mass is 243 g/mol. The summed E-state index contributed by atoms with van der Waals surface area (Å²) in [6, 6.07) is 2.16. The molecule has 2 aromatic heterocycles. The van der Waals surface area contributed by atoms with Crippen LogP contribution in [-0.2, 0) is 0 Å². The van der Waals surface area contributed by atoms with Crippen molar-refractivity contribution in [1.82, 2.24) is 9.97 Å². The van der Waals surface area contributed by atoms with Gasteiger partial charge in [0.25, 0.3) is 0 Å². The lowest BCUT2D eigenvalue weighted by Gasteiger charge is -2.02. The first-order valence-electron chi connectivity index (χ1n) is 5.57. The zero-order chi connectivity index (χ0) is 13.3. The molecule has 2 aromatic rings. The van der Waals surface area contributed by atoms with Gasteiger partial charge >= 0.3 is 0 Å². The quantitative estimate of drug-likeness (QED) is 0.839. The molecule has 1 N–H and O–H groups in total. The first-order chi connectivity index (χ1) is 8.63. The Labute approximate surface area is 104 Å². The maximum absolute atomic E-state index is 11.2. The third-order valence-corrected chi connectivity index (χ3v) is 2.88. The second kappa shape index (κ2) is 4.49. The molecule has 0 aromatic carbocycles. The summed E-state index contributed by atoms with van der Waals surface area (Å²) in [5.74, 6) is 0.427. The number of ether oxygens (including phenoxy) is 1. The third-order valence-electron chi connectivity index (χ3n) is 2.88. The number of aldehydes is 1. The molecule has 0 amide bonds. The molecular formula is C13H13N3O2. The Bertz CT molecular complexity index is 650. The van der Waals surface area contributed by atoms with Gasteiger partial charge in [-0.05, 0) is 5.92 Å². The molecule has 5 heteroatoms. The van der Waals surface area contributed by atoms with Crippen LogP contribution in [0.3, 0.4) is 0 Å². The average Bonchev–Trinajstić information content (AvgIpc) is 2.75. The summed E-state index contributed by atoms with van der Waals surface area (Å²) in [6.07, 6.45) is 2.25. The molecule has 0 aliphatic rings. The largest absolute Gasteiger partial charge is 0.480 e. The summed E-state index contributed by atoms with van der Waals surface area (Å²) in [5, 5.41) is 9.88. The van der Waals surface area contributed by atoms with E-state index in [1.165, 1.54) is 7.11 Å². The van der Waals surface area contributed by atoms with Gasteiger partial charge in [0, 0.05) is 17.3 Å². The Hall–Kier alpha value is -2.35. The van der Waals surface area contributed by atoms with E-state index in [4.69, 9.17) is 4.74 Å². The molecule has 0 atom stereocenters. The van der Waals surface area contributed by atoms with E-state index in [2.05, 4.69) is 16.0 Å². The minimum atomic E-state index is 0.164. The maximum Gasteiger partial charge on any atom is 0.225 e. The van der Waals surface area contributed by atoms with Gasteiger partial charge in [-0.1, -0.05) is 13.8 Å². The molecule has 0 radical (unpaired) electrons. The van der Waals surface area contributed by atoms with Crippen LogP contribution in [0.25, 0.3) is 10.9 Å². The molecule has 0 unspecified atom stereocenters. The number of carbonyl (C=O) groups excluding carboxylic acids is 1. The zero-order valence-electron chi connectivity index (χ0n) is 10.4. The van der Waals surface area contributed by atoms with Gasteiger partial charge in [-0.3, -0.25) is 4.79 Å². The Morgan fingerprint density at radius 3 is 2.78 bits per heavy atom. The summed E-state index contributed by atoms with van der Waals surface area (Å²) in [6.45, 7) is 3.97. The van der Waals surface area contributed by atoms with E-state index in [0.717, 1.165) is 5.69 Å². The highest BCUT2D eigenvalue weighted by atomic mass is 16.5. The predicted molar refractivity (Wildman–Crippen MR) is 66.8 cm³/mol. The second-order valence-electron chi connectivity index (χ2n) is 4.27. The zero-order valence-corrected chi connectivity index (χ0v) is 10.4. The first-order valence-corrected chi connectivity index (χ1v) is 5.57. The summed E-state index contributed by atoms with van der Waals surface area (Å²) in [5.41, 5.74) is 2.31. The number of hydrogen-bond donors (Lipinski definition) is 1. The lowest BCUT2D eigenvalue weighted by atomic mass is 10.1. The van der Waals surface area contributed by atoms with Crippen molar-refractivity contribution in [3.63, 3.8) is 0 Å². The molecule has 0 fully saturated rings. The molecular weight excluding hydrogens is 230 g/mol. The predicted octanol–water partition coefficient (Wildman–Crippen LogP) is 2.38. The molecule has 0 saturated heterocycles. The van der Waals surface area contributed by atoms with Crippen LogP contribution in [0.4, 0.5) is 0 Å². The fourth-order valence-electron chi connectivity index (χ4n) is 2.00. The van der Waals surface area contributed by atoms with E-state index in [1.54, 1.807) is 6.20 Å². The minimum Gasteiger partial charge on any atom is -0.480 e. The molecule has 0 aliphatic carbocycles. The number of nitrogens with zero attached hydrogens (tertiary/aromatic N) is 2. The van der Waals surface area contributed by atoms with Crippen LogP contribution in [0.5, 0.6) is 5.88 Å². The summed E-state index contributed by atoms with van der Waals surface area (Å²) in [7, 11) is 1.46. The van der Waals surface area contributed by atoms with Crippen LogP contribution in [0.2, 0.25) is 0 Å². The highest BCUT2D eigenvalue weighted by Gasteiger charge is 2.19. The Balaban J connectivity index is 2.88. The fraction of sp³-hybridized carbons (Fsp3) is 0.308. The van der Waals surface area contributed by atoms with Crippen molar-refractivity contribution in [3.8, 4) is 11.9 Å². The molecule has 5 nitrogen and oxygen atoms in total. The van der Waals surface area contributed by atoms with Crippen molar-refractivity contribution >= 4 is 17.2 Å². The smallest absolute Gasteiger partial charge is 0.225 e. The van der Waals surface area contributed by atoms with Crippen LogP contribution in [0, 0.1) is 11.3 Å². The van der Waals surface area contributed by atoms with E-state index in [0.29, 0.717) is 28.3 Å². The number of hydrogen-bond acceptors (Lipinski definition) is 4. The van der Waals surface area contributed by atoms with Crippen molar-refractivity contribution in [2.24, 2.45) is 0 Å². The summed E-state index contributed by atoms with van der Waals surface area (Å²) < 4.78 is 5.04. The number of carbonyl (C=O) groups is 1. The lowest BCUT2D eigenvalue weighted by molar-refractivity contribution is 0.112. The van der Waals surface area contributed by atoms with Crippen molar-refractivity contribution in [1.29, 1.82) is 5.26 Å². The molecule has 2 heterocycles. The van der Waals surface area contributed by atoms with E-state index < -0.39 is 0 Å². The van der Waals surface area contributed by atoms with E-state index in [-0.39, 0.29) is 11.8 Å². The Morgan fingerprint density at radius 1 is 1.56 bits per heavy atom. The number of nitrogens with one attached hydrogen (secondary N) is 1. The van der Waals surface area contributed by atoms with E-state index in [9.17, 15) is 10.1 Å². The molecule has 18 heavy (non-hydrogen) atoms. The van der Waals surface area contributed by atoms with Crippen LogP contribution < -0.4 is 4.74 Å². The Kier molecular flexibility index (Phi) is 3.02. The molecule has 0 aliphatic heterocycles. The van der Waals surface area contributed by atoms with Gasteiger partial charge in [0.05, 0.1) is 18.2 Å². The van der Waals surface area contributed by atoms with Crippen LogP contribution in [0.1, 0.15) is 41.4 Å². The summed E-state index contributed by atoms with van der Waals surface area (Å²) in [4.78, 5) is 18.3. The number of aromatic amines is 1. The van der Waals surface area contributed by atoms with Gasteiger partial charge in [0.2, 0.25) is 5.88 Å². The van der Waals surface area contributed by atoms with E-state index >= 15 is 0 Å². The van der Waals surface area contributed by atoms with Gasteiger partial charge in [0.15, 0.2) is 6.29 Å². The van der Waals surface area contributed by atoms with Gasteiger partial charge < -0.3 is 9.72 Å². The fourth-order valence-corrected chi connectivity index (χ4v) is 2.00. The number of H-pyrrole nitrogens is 1. The third kappa shape index (κ3) is 1.63. The maximum atomic E-state index is 11.2. The van der Waals surface area contributed by atoms with Crippen molar-refractivity contribution < 1.29 is 9.53 Å².